The number of hydrogen-bond donors (Lipinski definition) is 3. The average Bonchev–Trinajstić information content (AvgIpc) is 3.09. The molecule has 1 atom stereocenters. The molecule has 2 fully saturated rings. The fraction of sp³-hybridized carbons (Fsp3) is 0.457. The molecule has 13 heteroatoms. The number of nitrogens with one attached hydrogen (secondary N) is 3. The highest BCUT2D eigenvalue weighted by Crippen LogP contribution is 2.42. The lowest BCUT2D eigenvalue weighted by Gasteiger charge is -2.36. The van der Waals surface area contributed by atoms with Gasteiger partial charge in [0.15, 0.2) is 0 Å². The number of benzene rings is 3. The van der Waals surface area contributed by atoms with Crippen LogP contribution in [0.25, 0.3) is 0 Å². The van der Waals surface area contributed by atoms with Crippen molar-refractivity contribution in [3.63, 3.8) is 0 Å². The number of halogens is 3. The summed E-state index contributed by atoms with van der Waals surface area (Å²) < 4.78 is 44.0. The smallest absolute Gasteiger partial charge is 0.381 e. The number of hydrogen-bond acceptors (Lipinski definition) is 9. The number of rotatable bonds is 14. The molecule has 1 unspecified atom stereocenters. The highest BCUT2D eigenvalue weighted by molar-refractivity contribution is 8.00. The van der Waals surface area contributed by atoms with E-state index in [9.17, 15) is 18.0 Å². The number of alkyl halides is 3. The molecule has 0 spiro atoms. The fourth-order valence-electron chi connectivity index (χ4n) is 5.93. The average molecular weight is 719 g/mol. The Morgan fingerprint density at radius 3 is 2.33 bits per heavy atom. The molecule has 0 aromatic heterocycles. The molecule has 48 heavy (non-hydrogen) atoms. The number of amides is 1. The minimum Gasteiger partial charge on any atom is -0.381 e. The number of carbonyl (C=O) groups is 1. The van der Waals surface area contributed by atoms with Gasteiger partial charge in [-0.05, 0) is 112 Å². The van der Waals surface area contributed by atoms with Crippen LogP contribution in [0.2, 0.25) is 0 Å². The van der Waals surface area contributed by atoms with Crippen molar-refractivity contribution in [2.75, 3.05) is 75.9 Å². The first-order valence-electron chi connectivity index (χ1n) is 16.4. The Morgan fingerprint density at radius 2 is 1.67 bits per heavy atom. The van der Waals surface area contributed by atoms with Crippen molar-refractivity contribution in [1.29, 1.82) is 0 Å². The Morgan fingerprint density at radius 1 is 0.958 bits per heavy atom. The normalized spacial score (nSPS) is 17.0. The quantitative estimate of drug-likeness (QED) is 0.119. The van der Waals surface area contributed by atoms with Gasteiger partial charge in [0.2, 0.25) is 0 Å². The maximum Gasteiger partial charge on any atom is 0.446 e. The summed E-state index contributed by atoms with van der Waals surface area (Å²) in [5.41, 5.74) is -2.43. The van der Waals surface area contributed by atoms with Crippen molar-refractivity contribution >= 4 is 52.8 Å². The van der Waals surface area contributed by atoms with E-state index in [1.54, 1.807) is 36.0 Å². The van der Waals surface area contributed by atoms with E-state index >= 15 is 0 Å². The maximum absolute atomic E-state index is 13.7. The Bertz CT molecular complexity index is 1430. The van der Waals surface area contributed by atoms with Crippen LogP contribution in [0.15, 0.2) is 87.5 Å². The first-order chi connectivity index (χ1) is 23.1. The molecular formula is C35H45F3N6OS3. The summed E-state index contributed by atoms with van der Waals surface area (Å²) in [5, 5.41) is 6.82. The zero-order valence-electron chi connectivity index (χ0n) is 27.5. The van der Waals surface area contributed by atoms with Crippen molar-refractivity contribution in [1.82, 2.24) is 19.8 Å². The number of anilines is 2. The molecule has 260 valence electrons. The molecule has 0 saturated carbocycles. The Labute approximate surface area is 295 Å². The minimum atomic E-state index is -4.46. The number of thioether (sulfide) groups is 2. The van der Waals surface area contributed by atoms with Crippen LogP contribution in [0.4, 0.5) is 24.5 Å². The topological polar surface area (TPSA) is 62.9 Å². The van der Waals surface area contributed by atoms with Gasteiger partial charge in [-0.3, -0.25) is 9.52 Å². The lowest BCUT2D eigenvalue weighted by atomic mass is 10.0. The lowest BCUT2D eigenvalue weighted by molar-refractivity contribution is -0.0328. The number of nitrogens with zero attached hydrogens (tertiary/aromatic N) is 3. The second kappa shape index (κ2) is 17.9. The second-order valence-electron chi connectivity index (χ2n) is 12.3. The van der Waals surface area contributed by atoms with Crippen molar-refractivity contribution in [2.24, 2.45) is 0 Å². The van der Waals surface area contributed by atoms with Gasteiger partial charge < -0.3 is 25.3 Å². The van der Waals surface area contributed by atoms with E-state index in [0.29, 0.717) is 27.9 Å². The first kappa shape index (κ1) is 36.7. The van der Waals surface area contributed by atoms with Crippen molar-refractivity contribution in [3.05, 3.63) is 78.4 Å². The molecular weight excluding hydrogens is 674 g/mol. The van der Waals surface area contributed by atoms with Gasteiger partial charge in [0.1, 0.15) is 0 Å². The van der Waals surface area contributed by atoms with Gasteiger partial charge >= 0.3 is 5.51 Å². The Balaban J connectivity index is 1.22. The third kappa shape index (κ3) is 11.5. The van der Waals surface area contributed by atoms with E-state index in [-0.39, 0.29) is 28.6 Å². The van der Waals surface area contributed by atoms with Crippen LogP contribution in [0, 0.1) is 0 Å². The van der Waals surface area contributed by atoms with Gasteiger partial charge in [-0.2, -0.15) is 13.2 Å². The number of piperazine rings is 1. The van der Waals surface area contributed by atoms with Gasteiger partial charge in [0.25, 0.3) is 5.91 Å². The van der Waals surface area contributed by atoms with Crippen LogP contribution in [-0.2, 0) is 0 Å². The lowest BCUT2D eigenvalue weighted by Crippen LogP contribution is -2.44. The molecule has 2 heterocycles. The molecule has 3 aromatic carbocycles. The molecule has 2 saturated heterocycles. The Hall–Kier alpha value is -2.55. The van der Waals surface area contributed by atoms with E-state index in [2.05, 4.69) is 44.2 Å². The summed E-state index contributed by atoms with van der Waals surface area (Å²) in [7, 11) is 4.23. The van der Waals surface area contributed by atoms with Gasteiger partial charge in [-0.15, -0.1) is 11.8 Å². The van der Waals surface area contributed by atoms with E-state index in [1.807, 2.05) is 42.5 Å². The molecule has 2 aliphatic rings. The van der Waals surface area contributed by atoms with Crippen LogP contribution < -0.4 is 20.3 Å². The van der Waals surface area contributed by atoms with Crippen LogP contribution in [0.1, 0.15) is 29.6 Å². The zero-order valence-corrected chi connectivity index (χ0v) is 29.9. The molecule has 0 bridgehead atoms. The van der Waals surface area contributed by atoms with Crippen molar-refractivity contribution in [3.8, 4) is 0 Å². The largest absolute Gasteiger partial charge is 0.446 e. The van der Waals surface area contributed by atoms with Crippen molar-refractivity contribution in [2.45, 2.75) is 51.5 Å². The molecule has 0 radical (unpaired) electrons. The second-order valence-corrected chi connectivity index (χ2v) is 15.4. The highest BCUT2D eigenvalue weighted by atomic mass is 32.2. The van der Waals surface area contributed by atoms with E-state index in [4.69, 9.17) is 0 Å². The maximum atomic E-state index is 13.7. The van der Waals surface area contributed by atoms with Crippen LogP contribution in [-0.4, -0.2) is 99.0 Å². The van der Waals surface area contributed by atoms with Gasteiger partial charge in [0.05, 0.1) is 0 Å². The van der Waals surface area contributed by atoms with Gasteiger partial charge in [-0.25, -0.2) is 0 Å². The molecule has 7 nitrogen and oxygen atoms in total. The van der Waals surface area contributed by atoms with Gasteiger partial charge in [0, 0.05) is 95.3 Å². The summed E-state index contributed by atoms with van der Waals surface area (Å²) in [5.74, 6) is 0.419. The summed E-state index contributed by atoms with van der Waals surface area (Å²) >= 11 is 2.59. The van der Waals surface area contributed by atoms with Crippen LogP contribution in [0.3, 0.4) is 0 Å². The predicted octanol–water partition coefficient (Wildman–Crippen LogP) is 7.13. The summed E-state index contributed by atoms with van der Waals surface area (Å²) in [6, 6.07) is 23.1. The highest BCUT2D eigenvalue weighted by Gasteiger charge is 2.31. The van der Waals surface area contributed by atoms with Crippen LogP contribution >= 0.6 is 35.5 Å². The molecule has 3 N–H and O–H groups in total. The summed E-state index contributed by atoms with van der Waals surface area (Å²) in [4.78, 5) is 21.7. The predicted molar refractivity (Wildman–Crippen MR) is 196 cm³/mol. The Kier molecular flexibility index (Phi) is 13.7. The third-order valence-electron chi connectivity index (χ3n) is 8.69. The van der Waals surface area contributed by atoms with E-state index < -0.39 is 5.51 Å². The standard InChI is InChI=1S/C35H45F3N6OS3/c1-42(2)28-15-20-44(21-16-28)29-10-8-26(9-11-29)34(45)41-48-31-12-13-32(33(24-31)47-35(36,37)38)40-27(14-19-43-22-17-39-18-23-43)25-46-30-6-4-3-5-7-30/h3-13,24,27-28,39-40H,14-23,25H2,1-2H3,(H,41,45). The molecule has 3 aromatic rings. The molecule has 0 aliphatic carbocycles. The molecule has 1 amide bonds. The van der Waals surface area contributed by atoms with Crippen molar-refractivity contribution < 1.29 is 18.0 Å². The minimum absolute atomic E-state index is 0.0433. The van der Waals surface area contributed by atoms with E-state index in [0.717, 1.165) is 87.6 Å². The fourth-order valence-corrected chi connectivity index (χ4v) is 8.31. The monoisotopic (exact) mass is 718 g/mol. The van der Waals surface area contributed by atoms with Gasteiger partial charge in [-0.1, -0.05) is 18.2 Å². The molecule has 5 rings (SSSR count). The first-order valence-corrected chi connectivity index (χ1v) is 19.0. The summed E-state index contributed by atoms with van der Waals surface area (Å²) in [6.07, 6.45) is 2.99. The number of piperidine rings is 1. The summed E-state index contributed by atoms with van der Waals surface area (Å²) in [6.45, 7) is 6.62. The zero-order chi connectivity index (χ0) is 33.9. The van der Waals surface area contributed by atoms with E-state index in [1.165, 1.54) is 6.07 Å². The molecule has 2 aliphatic heterocycles. The third-order valence-corrected chi connectivity index (χ3v) is 11.4. The van der Waals surface area contributed by atoms with Crippen LogP contribution in [0.5, 0.6) is 0 Å². The number of carbonyl (C=O) groups excluding carboxylic acids is 1. The SMILES string of the molecule is CN(C)C1CCN(c2ccc(C(=O)NSc3ccc(NC(CCN4CCNCC4)CSc4ccccc4)c(SC(F)(F)F)c3)cc2)CC1.